The van der Waals surface area contributed by atoms with E-state index in [0.29, 0.717) is 23.6 Å². The number of alkyl halides is 3. The molecule has 2 rings (SSSR count). The summed E-state index contributed by atoms with van der Waals surface area (Å²) >= 11 is 0. The van der Waals surface area contributed by atoms with Gasteiger partial charge in [-0.1, -0.05) is 33.6 Å². The van der Waals surface area contributed by atoms with E-state index in [1.54, 1.807) is 0 Å². The maximum atomic E-state index is 13.5. The molecule has 4 nitrogen and oxygen atoms in total. The number of rotatable bonds is 0. The number of nitrogens with zero attached hydrogens (tertiary/aromatic N) is 2. The standard InChI is InChI=1S/C14H21F3N2O2/c1-12(2,3)11(20)19-13(21,14(15,16)17)9-7-5-4-6-8-10(9)18-19/h9,21H,4-8H2,1-3H3. The molecule has 1 aliphatic carbocycles. The zero-order valence-electron chi connectivity index (χ0n) is 12.5. The lowest BCUT2D eigenvalue weighted by atomic mass is 9.86. The molecule has 1 saturated carbocycles. The van der Waals surface area contributed by atoms with E-state index in [0.717, 1.165) is 12.8 Å². The number of hydrogen-bond donors (Lipinski definition) is 1. The van der Waals surface area contributed by atoms with Gasteiger partial charge in [0.05, 0.1) is 5.92 Å². The predicted molar refractivity (Wildman–Crippen MR) is 71.3 cm³/mol. The van der Waals surface area contributed by atoms with Crippen molar-refractivity contribution in [2.45, 2.75) is 64.8 Å². The molecule has 0 saturated heterocycles. The van der Waals surface area contributed by atoms with Crippen LogP contribution in [0.5, 0.6) is 0 Å². The van der Waals surface area contributed by atoms with Gasteiger partial charge in [-0.15, -0.1) is 0 Å². The third-order valence-corrected chi connectivity index (χ3v) is 4.12. The van der Waals surface area contributed by atoms with E-state index in [9.17, 15) is 23.1 Å². The Balaban J connectivity index is 2.49. The van der Waals surface area contributed by atoms with Crippen molar-refractivity contribution in [2.24, 2.45) is 16.4 Å². The van der Waals surface area contributed by atoms with Gasteiger partial charge in [-0.25, -0.2) is 0 Å². The van der Waals surface area contributed by atoms with Crippen LogP contribution < -0.4 is 0 Å². The Morgan fingerprint density at radius 2 is 1.90 bits per heavy atom. The Bertz CT molecular complexity index is 468. The fourth-order valence-corrected chi connectivity index (χ4v) is 2.91. The molecule has 1 fully saturated rings. The number of halogens is 3. The molecular formula is C14H21F3N2O2. The zero-order valence-corrected chi connectivity index (χ0v) is 12.5. The van der Waals surface area contributed by atoms with Crippen molar-refractivity contribution in [1.29, 1.82) is 0 Å². The van der Waals surface area contributed by atoms with Crippen LogP contribution in [0.1, 0.15) is 52.9 Å². The number of carbonyl (C=O) groups excluding carboxylic acids is 1. The monoisotopic (exact) mass is 306 g/mol. The maximum Gasteiger partial charge on any atom is 0.439 e. The number of carbonyl (C=O) groups is 1. The molecule has 0 radical (unpaired) electrons. The topological polar surface area (TPSA) is 52.9 Å². The van der Waals surface area contributed by atoms with E-state index < -0.39 is 29.1 Å². The zero-order chi connectivity index (χ0) is 16.1. The molecule has 0 aromatic rings. The molecule has 2 unspecified atom stereocenters. The van der Waals surface area contributed by atoms with E-state index in [1.165, 1.54) is 20.8 Å². The molecule has 21 heavy (non-hydrogen) atoms. The SMILES string of the molecule is CC(C)(C)C(=O)N1N=C2CCCCCC2C1(O)C(F)(F)F. The van der Waals surface area contributed by atoms with Crippen LogP contribution >= 0.6 is 0 Å². The van der Waals surface area contributed by atoms with Crippen LogP contribution in [-0.2, 0) is 4.79 Å². The Morgan fingerprint density at radius 3 is 2.43 bits per heavy atom. The van der Waals surface area contributed by atoms with Gasteiger partial charge in [-0.2, -0.15) is 23.3 Å². The smallest absolute Gasteiger partial charge is 0.362 e. The van der Waals surface area contributed by atoms with Crippen molar-refractivity contribution < 1.29 is 23.1 Å². The molecule has 120 valence electrons. The van der Waals surface area contributed by atoms with Gasteiger partial charge in [0.1, 0.15) is 0 Å². The molecule has 0 aromatic carbocycles. The highest BCUT2D eigenvalue weighted by Gasteiger charge is 2.68. The Kier molecular flexibility index (Phi) is 3.85. The molecule has 2 atom stereocenters. The minimum absolute atomic E-state index is 0.197. The number of hydrazone groups is 1. The van der Waals surface area contributed by atoms with Crippen LogP contribution in [0.2, 0.25) is 0 Å². The maximum absolute atomic E-state index is 13.5. The lowest BCUT2D eigenvalue weighted by molar-refractivity contribution is -0.318. The number of aliphatic hydroxyl groups is 1. The summed E-state index contributed by atoms with van der Waals surface area (Å²) in [5.74, 6) is -1.96. The third kappa shape index (κ3) is 2.56. The first-order chi connectivity index (χ1) is 9.49. The summed E-state index contributed by atoms with van der Waals surface area (Å²) in [5, 5.41) is 14.6. The highest BCUT2D eigenvalue weighted by atomic mass is 19.4. The van der Waals surface area contributed by atoms with E-state index >= 15 is 0 Å². The second-order valence-electron chi connectivity index (χ2n) is 6.83. The van der Waals surface area contributed by atoms with Crippen LogP contribution in [0.3, 0.4) is 0 Å². The number of fused-ring (bicyclic) bond motifs is 1. The highest BCUT2D eigenvalue weighted by molar-refractivity contribution is 5.94. The average molecular weight is 306 g/mol. The first kappa shape index (κ1) is 16.3. The summed E-state index contributed by atoms with van der Waals surface area (Å²) < 4.78 is 40.6. The molecule has 0 aromatic heterocycles. The minimum atomic E-state index is -4.94. The van der Waals surface area contributed by atoms with Gasteiger partial charge in [0.2, 0.25) is 0 Å². The first-order valence-electron chi connectivity index (χ1n) is 7.20. The van der Waals surface area contributed by atoms with Crippen LogP contribution in [0.15, 0.2) is 5.10 Å². The number of amides is 1. The summed E-state index contributed by atoms with van der Waals surface area (Å²) in [6.07, 6.45) is -2.19. The van der Waals surface area contributed by atoms with Gasteiger partial charge in [0.15, 0.2) is 0 Å². The average Bonchev–Trinajstić information content (AvgIpc) is 2.50. The van der Waals surface area contributed by atoms with Crippen molar-refractivity contribution in [2.75, 3.05) is 0 Å². The minimum Gasteiger partial charge on any atom is -0.362 e. The second kappa shape index (κ2) is 4.97. The number of hydrogen-bond acceptors (Lipinski definition) is 3. The van der Waals surface area contributed by atoms with E-state index in [1.807, 2.05) is 0 Å². The quantitative estimate of drug-likeness (QED) is 0.748. The molecular weight excluding hydrogens is 285 g/mol. The van der Waals surface area contributed by atoms with Crippen LogP contribution in [0, 0.1) is 11.3 Å². The fraction of sp³-hybridized carbons (Fsp3) is 0.857. The van der Waals surface area contributed by atoms with Crippen LogP contribution in [0.4, 0.5) is 13.2 Å². The van der Waals surface area contributed by atoms with Crippen molar-refractivity contribution in [1.82, 2.24) is 5.01 Å². The largest absolute Gasteiger partial charge is 0.439 e. The summed E-state index contributed by atoms with van der Waals surface area (Å²) in [6, 6.07) is 0. The van der Waals surface area contributed by atoms with E-state index in [4.69, 9.17) is 0 Å². The van der Waals surface area contributed by atoms with Crippen molar-refractivity contribution in [3.63, 3.8) is 0 Å². The van der Waals surface area contributed by atoms with Gasteiger partial charge < -0.3 is 5.11 Å². The third-order valence-electron chi connectivity index (χ3n) is 4.12. The van der Waals surface area contributed by atoms with Gasteiger partial charge in [-0.3, -0.25) is 4.79 Å². The lowest BCUT2D eigenvalue weighted by Crippen LogP contribution is -2.62. The van der Waals surface area contributed by atoms with Gasteiger partial charge >= 0.3 is 6.18 Å². The Morgan fingerprint density at radius 1 is 1.29 bits per heavy atom. The predicted octanol–water partition coefficient (Wildman–Crippen LogP) is 3.06. The molecule has 0 bridgehead atoms. The molecule has 7 heteroatoms. The highest BCUT2D eigenvalue weighted by Crippen LogP contribution is 2.48. The van der Waals surface area contributed by atoms with Gasteiger partial charge in [-0.05, 0) is 19.3 Å². The molecule has 1 N–H and O–H groups in total. The normalized spacial score (nSPS) is 30.7. The van der Waals surface area contributed by atoms with Crippen LogP contribution in [0.25, 0.3) is 0 Å². The summed E-state index contributed by atoms with van der Waals surface area (Å²) in [4.78, 5) is 12.3. The van der Waals surface area contributed by atoms with E-state index in [-0.39, 0.29) is 6.42 Å². The second-order valence-corrected chi connectivity index (χ2v) is 6.83. The van der Waals surface area contributed by atoms with Crippen molar-refractivity contribution >= 4 is 11.6 Å². The van der Waals surface area contributed by atoms with Crippen molar-refractivity contribution in [3.05, 3.63) is 0 Å². The summed E-state index contributed by atoms with van der Waals surface area (Å²) in [7, 11) is 0. The molecule has 1 heterocycles. The molecule has 2 aliphatic rings. The molecule has 0 spiro atoms. The lowest BCUT2D eigenvalue weighted by Gasteiger charge is -2.39. The first-order valence-corrected chi connectivity index (χ1v) is 7.20. The van der Waals surface area contributed by atoms with Crippen LogP contribution in [-0.4, -0.2) is 33.6 Å². The Labute approximate surface area is 122 Å². The molecule has 1 aliphatic heterocycles. The molecule has 1 amide bonds. The van der Waals surface area contributed by atoms with Crippen molar-refractivity contribution in [3.8, 4) is 0 Å². The summed E-state index contributed by atoms with van der Waals surface area (Å²) in [5.41, 5.74) is -3.96. The van der Waals surface area contributed by atoms with Gasteiger partial charge in [0.25, 0.3) is 11.6 Å². The summed E-state index contributed by atoms with van der Waals surface area (Å²) in [6.45, 7) is 4.54. The van der Waals surface area contributed by atoms with Gasteiger partial charge in [0, 0.05) is 11.1 Å². The van der Waals surface area contributed by atoms with E-state index in [2.05, 4.69) is 5.10 Å². The Hall–Kier alpha value is -1.11. The fourth-order valence-electron chi connectivity index (χ4n) is 2.91.